The molecule has 140 valence electrons. The first kappa shape index (κ1) is 18.6. The van der Waals surface area contributed by atoms with Gasteiger partial charge in [0.15, 0.2) is 12.3 Å². The Bertz CT molecular complexity index is 996. The van der Waals surface area contributed by atoms with Gasteiger partial charge in [0.2, 0.25) is 5.88 Å². The fourth-order valence-electron chi connectivity index (χ4n) is 2.77. The van der Waals surface area contributed by atoms with Gasteiger partial charge in [-0.05, 0) is 35.6 Å². The lowest BCUT2D eigenvalue weighted by molar-refractivity contribution is -0.120. The van der Waals surface area contributed by atoms with Crippen molar-refractivity contribution < 1.29 is 14.6 Å². The van der Waals surface area contributed by atoms with Gasteiger partial charge in [0.1, 0.15) is 5.75 Å². The van der Waals surface area contributed by atoms with E-state index in [1.807, 2.05) is 49.4 Å². The Morgan fingerprint density at radius 2 is 1.85 bits per heavy atom. The molecule has 6 heteroatoms. The summed E-state index contributed by atoms with van der Waals surface area (Å²) in [6, 6.07) is 13.2. The van der Waals surface area contributed by atoms with Crippen LogP contribution in [-0.4, -0.2) is 22.6 Å². The molecule has 0 unspecified atom stereocenters. The molecule has 0 saturated heterocycles. The van der Waals surface area contributed by atoms with Crippen LogP contribution < -0.4 is 4.74 Å². The molecule has 0 spiro atoms. The van der Waals surface area contributed by atoms with E-state index in [2.05, 4.69) is 36.0 Å². The van der Waals surface area contributed by atoms with E-state index < -0.39 is 5.91 Å². The van der Waals surface area contributed by atoms with Crippen LogP contribution in [0.1, 0.15) is 31.9 Å². The Balaban J connectivity index is 1.66. The Labute approximate surface area is 157 Å². The molecule has 3 aromatic rings. The third kappa shape index (κ3) is 4.16. The molecule has 1 amide bonds. The van der Waals surface area contributed by atoms with Crippen molar-refractivity contribution in [2.75, 3.05) is 6.61 Å². The molecular formula is C21H23N3O3. The molecule has 1 aromatic heterocycles. The van der Waals surface area contributed by atoms with Gasteiger partial charge >= 0.3 is 5.91 Å². The number of hydrogen-bond donors (Lipinski definition) is 2. The van der Waals surface area contributed by atoms with Crippen molar-refractivity contribution in [3.8, 4) is 11.6 Å². The highest BCUT2D eigenvalue weighted by Crippen LogP contribution is 2.36. The highest BCUT2D eigenvalue weighted by molar-refractivity contribution is 5.96. The van der Waals surface area contributed by atoms with E-state index >= 15 is 0 Å². The second-order valence-corrected chi connectivity index (χ2v) is 7.48. The molecule has 0 atom stereocenters. The lowest BCUT2D eigenvalue weighted by Crippen LogP contribution is -2.11. The van der Waals surface area contributed by atoms with Crippen molar-refractivity contribution in [2.24, 2.45) is 10.2 Å². The van der Waals surface area contributed by atoms with Gasteiger partial charge in [0.25, 0.3) is 0 Å². The number of azo groups is 1. The highest BCUT2D eigenvalue weighted by atomic mass is 16.5. The van der Waals surface area contributed by atoms with E-state index in [0.717, 1.165) is 11.1 Å². The number of fused-ring (bicyclic) bond motifs is 1. The zero-order valence-corrected chi connectivity index (χ0v) is 15.9. The van der Waals surface area contributed by atoms with Crippen LogP contribution in [0.3, 0.4) is 0 Å². The van der Waals surface area contributed by atoms with Gasteiger partial charge in [0.05, 0.1) is 5.52 Å². The summed E-state index contributed by atoms with van der Waals surface area (Å²) in [6.07, 6.45) is 0. The van der Waals surface area contributed by atoms with Crippen molar-refractivity contribution in [1.29, 1.82) is 0 Å². The minimum Gasteiger partial charge on any atom is -0.493 e. The lowest BCUT2D eigenvalue weighted by atomic mass is 9.87. The topological polar surface area (TPSA) is 87.0 Å². The molecule has 0 aliphatic heterocycles. The van der Waals surface area contributed by atoms with E-state index in [9.17, 15) is 9.90 Å². The Kier molecular flexibility index (Phi) is 4.99. The molecule has 0 bridgehead atoms. The van der Waals surface area contributed by atoms with Gasteiger partial charge < -0.3 is 14.8 Å². The Morgan fingerprint density at radius 1 is 1.15 bits per heavy atom. The summed E-state index contributed by atoms with van der Waals surface area (Å²) in [5, 5.41) is 18.3. The van der Waals surface area contributed by atoms with E-state index in [0.29, 0.717) is 11.1 Å². The first-order valence-electron chi connectivity index (χ1n) is 8.74. The minimum atomic E-state index is -0.531. The predicted molar refractivity (Wildman–Crippen MR) is 105 cm³/mol. The maximum Gasteiger partial charge on any atom is 0.302 e. The molecule has 0 fully saturated rings. The number of aromatic nitrogens is 1. The van der Waals surface area contributed by atoms with Crippen molar-refractivity contribution >= 4 is 22.5 Å². The molecule has 6 nitrogen and oxygen atoms in total. The second kappa shape index (κ2) is 7.23. The summed E-state index contributed by atoms with van der Waals surface area (Å²) in [5.41, 5.74) is 3.23. The van der Waals surface area contributed by atoms with Crippen LogP contribution in [-0.2, 0) is 10.2 Å². The number of aromatic hydroxyl groups is 1. The normalized spacial score (nSPS) is 12.0. The van der Waals surface area contributed by atoms with Crippen LogP contribution in [0.4, 0.5) is 5.69 Å². The largest absolute Gasteiger partial charge is 0.493 e. The third-order valence-corrected chi connectivity index (χ3v) is 4.34. The summed E-state index contributed by atoms with van der Waals surface area (Å²) in [6.45, 7) is 8.10. The average Bonchev–Trinajstić information content (AvgIpc) is 2.94. The molecule has 27 heavy (non-hydrogen) atoms. The second-order valence-electron chi connectivity index (χ2n) is 7.48. The summed E-state index contributed by atoms with van der Waals surface area (Å²) in [4.78, 5) is 14.8. The van der Waals surface area contributed by atoms with Gasteiger partial charge in [0, 0.05) is 5.39 Å². The maximum absolute atomic E-state index is 12.0. The zero-order chi connectivity index (χ0) is 19.6. The predicted octanol–water partition coefficient (Wildman–Crippen LogP) is 5.17. The van der Waals surface area contributed by atoms with Gasteiger partial charge in [-0.25, -0.2) is 0 Å². The number of amides is 1. The van der Waals surface area contributed by atoms with E-state index in [1.165, 1.54) is 5.56 Å². The van der Waals surface area contributed by atoms with Crippen molar-refractivity contribution in [3.05, 3.63) is 53.6 Å². The van der Waals surface area contributed by atoms with Crippen molar-refractivity contribution in [1.82, 2.24) is 4.98 Å². The average molecular weight is 365 g/mol. The summed E-state index contributed by atoms with van der Waals surface area (Å²) < 4.78 is 5.47. The van der Waals surface area contributed by atoms with Crippen LogP contribution in [0, 0.1) is 6.92 Å². The number of rotatable bonds is 4. The number of carbonyl (C=O) groups excluding carboxylic acids is 1. The first-order valence-corrected chi connectivity index (χ1v) is 8.74. The number of ether oxygens (including phenoxy) is 1. The SMILES string of the molecule is Cc1cccc2c(N=NC(=O)COc3ccc(C(C)(C)C)cc3)c(O)[nH]c12. The molecule has 2 N–H and O–H groups in total. The number of hydrogen-bond acceptors (Lipinski definition) is 4. The van der Waals surface area contributed by atoms with Crippen LogP contribution in [0.2, 0.25) is 0 Å². The van der Waals surface area contributed by atoms with Gasteiger partial charge in [-0.15, -0.1) is 10.2 Å². The van der Waals surface area contributed by atoms with Gasteiger partial charge in [-0.3, -0.25) is 4.79 Å². The minimum absolute atomic E-state index is 0.0578. The highest BCUT2D eigenvalue weighted by Gasteiger charge is 2.14. The number of carbonyl (C=O) groups is 1. The number of benzene rings is 2. The molecule has 0 saturated carbocycles. The van der Waals surface area contributed by atoms with Gasteiger partial charge in [-0.1, -0.05) is 51.1 Å². The molecule has 0 aliphatic rings. The number of nitrogens with one attached hydrogen (secondary N) is 1. The quantitative estimate of drug-likeness (QED) is 0.625. The van der Waals surface area contributed by atoms with Crippen molar-refractivity contribution in [3.63, 3.8) is 0 Å². The molecule has 1 heterocycles. The molecule has 0 radical (unpaired) electrons. The van der Waals surface area contributed by atoms with Crippen LogP contribution in [0.15, 0.2) is 52.7 Å². The number of aromatic amines is 1. The fraction of sp³-hybridized carbons (Fsp3) is 0.286. The van der Waals surface area contributed by atoms with E-state index in [4.69, 9.17) is 4.74 Å². The Morgan fingerprint density at radius 3 is 2.52 bits per heavy atom. The fourth-order valence-corrected chi connectivity index (χ4v) is 2.77. The zero-order valence-electron chi connectivity index (χ0n) is 15.9. The van der Waals surface area contributed by atoms with E-state index in [-0.39, 0.29) is 23.6 Å². The maximum atomic E-state index is 12.0. The molecule has 3 rings (SSSR count). The van der Waals surface area contributed by atoms with Crippen LogP contribution >= 0.6 is 0 Å². The van der Waals surface area contributed by atoms with Gasteiger partial charge in [-0.2, -0.15) is 0 Å². The smallest absolute Gasteiger partial charge is 0.302 e. The lowest BCUT2D eigenvalue weighted by Gasteiger charge is -2.19. The Hall–Kier alpha value is -3.15. The number of H-pyrrole nitrogens is 1. The standard InChI is InChI=1S/C21H23N3O3/c1-13-6-5-7-16-18(13)22-20(26)19(16)24-23-17(25)12-27-15-10-8-14(9-11-15)21(2,3)4/h5-11,22,26H,12H2,1-4H3. The van der Waals surface area contributed by atoms with E-state index in [1.54, 1.807) is 0 Å². The molecule has 0 aliphatic carbocycles. The van der Waals surface area contributed by atoms with Crippen LogP contribution in [0.5, 0.6) is 11.6 Å². The first-order chi connectivity index (χ1) is 12.8. The van der Waals surface area contributed by atoms with Crippen molar-refractivity contribution in [2.45, 2.75) is 33.1 Å². The third-order valence-electron chi connectivity index (χ3n) is 4.34. The summed E-state index contributed by atoms with van der Waals surface area (Å²) in [7, 11) is 0. The summed E-state index contributed by atoms with van der Waals surface area (Å²) in [5.74, 6) is -0.0528. The molecule has 2 aromatic carbocycles. The number of nitrogens with zero attached hydrogens (tertiary/aromatic N) is 2. The summed E-state index contributed by atoms with van der Waals surface area (Å²) >= 11 is 0. The number of aryl methyl sites for hydroxylation is 1. The van der Waals surface area contributed by atoms with Crippen LogP contribution in [0.25, 0.3) is 10.9 Å². The monoisotopic (exact) mass is 365 g/mol. The molecular weight excluding hydrogens is 342 g/mol. The number of para-hydroxylation sites is 1.